The molecule has 0 aliphatic rings. The molecule has 4 nitrogen and oxygen atoms in total. The highest BCUT2D eigenvalue weighted by atomic mass is 32.2. The molecule has 0 saturated carbocycles. The van der Waals surface area contributed by atoms with Crippen molar-refractivity contribution in [2.24, 2.45) is 7.05 Å². The molecule has 0 radical (unpaired) electrons. The van der Waals surface area contributed by atoms with Crippen LogP contribution in [0.15, 0.2) is 48.0 Å². The number of aromatic nitrogens is 3. The maximum absolute atomic E-state index is 13.7. The van der Waals surface area contributed by atoms with E-state index in [0.717, 1.165) is 10.8 Å². The number of hydrogen-bond donors (Lipinski definition) is 1. The van der Waals surface area contributed by atoms with Crippen molar-refractivity contribution in [3.63, 3.8) is 0 Å². The molecule has 0 bridgehead atoms. The average Bonchev–Trinajstić information content (AvgIpc) is 2.84. The number of fused-ring (bicyclic) bond motifs is 1. The maximum atomic E-state index is 13.7. The van der Waals surface area contributed by atoms with Crippen molar-refractivity contribution in [3.8, 4) is 0 Å². The van der Waals surface area contributed by atoms with Crippen LogP contribution in [0, 0.1) is 5.82 Å². The molecule has 6 heteroatoms. The van der Waals surface area contributed by atoms with Gasteiger partial charge in [0.25, 0.3) is 0 Å². The Morgan fingerprint density at radius 1 is 1.21 bits per heavy atom. The Balaban J connectivity index is 1.93. The van der Waals surface area contributed by atoms with Crippen molar-refractivity contribution in [1.29, 1.82) is 0 Å². The molecule has 2 heterocycles. The molecule has 2 aromatic heterocycles. The van der Waals surface area contributed by atoms with Gasteiger partial charge < -0.3 is 9.29 Å². The molecular weight excluding hydrogens is 263 g/mol. The largest absolute Gasteiger partial charge is 0.328 e. The minimum Gasteiger partial charge on any atom is -0.328 e. The van der Waals surface area contributed by atoms with Crippen LogP contribution in [-0.4, -0.2) is 14.5 Å². The number of anilines is 1. The van der Waals surface area contributed by atoms with E-state index in [1.54, 1.807) is 30.6 Å². The summed E-state index contributed by atoms with van der Waals surface area (Å²) in [5.41, 5.74) is 1.38. The van der Waals surface area contributed by atoms with Gasteiger partial charge >= 0.3 is 0 Å². The summed E-state index contributed by atoms with van der Waals surface area (Å²) in [4.78, 5) is 8.42. The van der Waals surface area contributed by atoms with E-state index in [4.69, 9.17) is 0 Å². The second-order valence-electron chi connectivity index (χ2n) is 4.02. The summed E-state index contributed by atoms with van der Waals surface area (Å²) >= 11 is 1.37. The van der Waals surface area contributed by atoms with E-state index in [0.29, 0.717) is 10.9 Å². The molecule has 1 N–H and O–H groups in total. The highest BCUT2D eigenvalue weighted by Crippen LogP contribution is 2.27. The van der Waals surface area contributed by atoms with Gasteiger partial charge in [-0.1, -0.05) is 0 Å². The number of nitrogens with one attached hydrogen (secondary N) is 1. The van der Waals surface area contributed by atoms with Gasteiger partial charge in [0.15, 0.2) is 5.16 Å². The molecule has 0 spiro atoms. The predicted octanol–water partition coefficient (Wildman–Crippen LogP) is 3.23. The Morgan fingerprint density at radius 2 is 2.11 bits per heavy atom. The van der Waals surface area contributed by atoms with Crippen molar-refractivity contribution in [2.45, 2.75) is 5.16 Å². The van der Waals surface area contributed by atoms with Crippen LogP contribution in [0.3, 0.4) is 0 Å². The highest BCUT2D eigenvalue weighted by Gasteiger charge is 2.07. The minimum absolute atomic E-state index is 0.268. The molecular formula is C13H11FN4S. The zero-order valence-electron chi connectivity index (χ0n) is 10.2. The number of nitrogens with zero attached hydrogens (tertiary/aromatic N) is 3. The molecule has 19 heavy (non-hydrogen) atoms. The number of halogens is 1. The zero-order valence-corrected chi connectivity index (χ0v) is 11.0. The molecule has 3 rings (SSSR count). The number of pyridine rings is 1. The lowest BCUT2D eigenvalue weighted by atomic mass is 10.2. The van der Waals surface area contributed by atoms with Crippen molar-refractivity contribution in [1.82, 2.24) is 14.5 Å². The fourth-order valence-corrected chi connectivity index (χ4v) is 2.46. The molecule has 3 aromatic rings. The lowest BCUT2D eigenvalue weighted by molar-refractivity contribution is 0.639. The van der Waals surface area contributed by atoms with Gasteiger partial charge in [-0.25, -0.2) is 9.37 Å². The Morgan fingerprint density at radius 3 is 2.89 bits per heavy atom. The van der Waals surface area contributed by atoms with Crippen LogP contribution in [0.25, 0.3) is 10.9 Å². The van der Waals surface area contributed by atoms with Crippen LogP contribution in [0.1, 0.15) is 0 Å². The van der Waals surface area contributed by atoms with Crippen molar-refractivity contribution >= 4 is 28.5 Å². The van der Waals surface area contributed by atoms with Gasteiger partial charge in [-0.3, -0.25) is 4.98 Å². The molecule has 0 aliphatic carbocycles. The lowest BCUT2D eigenvalue weighted by Gasteiger charge is -2.08. The molecule has 0 fully saturated rings. The standard InChI is InChI=1S/C13H11FN4S/c1-18-8-7-16-13(18)19-17-11-5-4-10(14)9-3-2-6-15-12(9)11/h2-8,17H,1H3. The molecule has 0 saturated heterocycles. The van der Waals surface area contributed by atoms with E-state index in [1.807, 2.05) is 17.8 Å². The number of rotatable bonds is 3. The van der Waals surface area contributed by atoms with Gasteiger partial charge in [-0.15, -0.1) is 0 Å². The molecule has 96 valence electrons. The monoisotopic (exact) mass is 274 g/mol. The summed E-state index contributed by atoms with van der Waals surface area (Å²) in [6.45, 7) is 0. The first kappa shape index (κ1) is 12.0. The fraction of sp³-hybridized carbons (Fsp3) is 0.0769. The number of benzene rings is 1. The maximum Gasteiger partial charge on any atom is 0.188 e. The van der Waals surface area contributed by atoms with Crippen LogP contribution >= 0.6 is 11.9 Å². The molecule has 0 amide bonds. The van der Waals surface area contributed by atoms with Crippen LogP contribution in [0.4, 0.5) is 10.1 Å². The van der Waals surface area contributed by atoms with Crippen LogP contribution in [-0.2, 0) is 7.05 Å². The molecule has 1 aromatic carbocycles. The molecule has 0 atom stereocenters. The summed E-state index contributed by atoms with van der Waals surface area (Å²) in [5.74, 6) is -0.268. The van der Waals surface area contributed by atoms with Gasteiger partial charge in [0, 0.05) is 43.0 Å². The van der Waals surface area contributed by atoms with E-state index in [2.05, 4.69) is 14.7 Å². The summed E-state index contributed by atoms with van der Waals surface area (Å²) in [6.07, 6.45) is 5.24. The third kappa shape index (κ3) is 2.26. The number of imidazole rings is 1. The second-order valence-corrected chi connectivity index (χ2v) is 4.79. The quantitative estimate of drug-likeness (QED) is 0.745. The zero-order chi connectivity index (χ0) is 13.2. The van der Waals surface area contributed by atoms with E-state index in [1.165, 1.54) is 18.0 Å². The third-order valence-corrected chi connectivity index (χ3v) is 3.64. The Kier molecular flexibility index (Phi) is 3.08. The van der Waals surface area contributed by atoms with E-state index in [9.17, 15) is 4.39 Å². The predicted molar refractivity (Wildman–Crippen MR) is 74.4 cm³/mol. The summed E-state index contributed by atoms with van der Waals surface area (Å²) in [5, 5.41) is 1.33. The van der Waals surface area contributed by atoms with Crippen LogP contribution in [0.5, 0.6) is 0 Å². The van der Waals surface area contributed by atoms with Crippen molar-refractivity contribution in [2.75, 3.05) is 4.72 Å². The molecule has 0 aliphatic heterocycles. The van der Waals surface area contributed by atoms with E-state index < -0.39 is 0 Å². The lowest BCUT2D eigenvalue weighted by Crippen LogP contribution is -1.96. The molecule has 0 unspecified atom stereocenters. The summed E-state index contributed by atoms with van der Waals surface area (Å²) < 4.78 is 18.7. The topological polar surface area (TPSA) is 42.7 Å². The number of hydrogen-bond acceptors (Lipinski definition) is 4. The van der Waals surface area contributed by atoms with Crippen molar-refractivity contribution < 1.29 is 4.39 Å². The fourth-order valence-electron chi connectivity index (χ4n) is 1.77. The Bertz CT molecular complexity index is 725. The van der Waals surface area contributed by atoms with Gasteiger partial charge in [0.1, 0.15) is 5.82 Å². The van der Waals surface area contributed by atoms with Crippen molar-refractivity contribution in [3.05, 3.63) is 48.7 Å². The minimum atomic E-state index is -0.268. The van der Waals surface area contributed by atoms with Gasteiger partial charge in [-0.05, 0) is 24.3 Å². The number of aryl methyl sites for hydroxylation is 1. The van der Waals surface area contributed by atoms with Gasteiger partial charge in [0.2, 0.25) is 0 Å². The summed E-state index contributed by atoms with van der Waals surface area (Å²) in [6, 6.07) is 6.56. The highest BCUT2D eigenvalue weighted by molar-refractivity contribution is 8.00. The normalized spacial score (nSPS) is 10.8. The first-order valence-corrected chi connectivity index (χ1v) is 6.51. The van der Waals surface area contributed by atoms with Crippen LogP contribution in [0.2, 0.25) is 0 Å². The van der Waals surface area contributed by atoms with Gasteiger partial charge in [-0.2, -0.15) is 0 Å². The Labute approximate surface area is 113 Å². The first-order valence-electron chi connectivity index (χ1n) is 5.69. The Hall–Kier alpha value is -2.08. The average molecular weight is 274 g/mol. The van der Waals surface area contributed by atoms with Gasteiger partial charge in [0.05, 0.1) is 11.2 Å². The SMILES string of the molecule is Cn1ccnc1SNc1ccc(F)c2cccnc12. The summed E-state index contributed by atoms with van der Waals surface area (Å²) in [7, 11) is 1.91. The first-order chi connectivity index (χ1) is 9.25. The van der Waals surface area contributed by atoms with E-state index in [-0.39, 0.29) is 5.82 Å². The van der Waals surface area contributed by atoms with Crippen LogP contribution < -0.4 is 4.72 Å². The smallest absolute Gasteiger partial charge is 0.188 e. The van der Waals surface area contributed by atoms with E-state index >= 15 is 0 Å². The second kappa shape index (κ2) is 4.89. The third-order valence-electron chi connectivity index (χ3n) is 2.75.